The molecule has 0 aliphatic carbocycles. The molecule has 0 bridgehead atoms. The lowest BCUT2D eigenvalue weighted by molar-refractivity contribution is 0.391. The lowest BCUT2D eigenvalue weighted by atomic mass is 10.1. The second-order valence-electron chi connectivity index (χ2n) is 6.78. The van der Waals surface area contributed by atoms with Crippen LogP contribution in [-0.4, -0.2) is 38.8 Å². The second kappa shape index (κ2) is 9.12. The molecule has 2 aromatic rings. The van der Waals surface area contributed by atoms with Gasteiger partial charge in [-0.15, -0.1) is 35.3 Å². The standard InChI is InChI=1S/C17H27N7S.HI/c1-10(2)16-22-14-7-6-13(9-24(14)23-16)21-17(18-5)19-8-15-20-11(3)12(4)25-15;/h10,13H,6-9H2,1-5H3,(H2,18,19,21);1H. The van der Waals surface area contributed by atoms with E-state index in [1.54, 1.807) is 18.4 Å². The summed E-state index contributed by atoms with van der Waals surface area (Å²) in [5.41, 5.74) is 1.11. The summed E-state index contributed by atoms with van der Waals surface area (Å²) < 4.78 is 2.04. The van der Waals surface area contributed by atoms with E-state index in [1.165, 1.54) is 4.88 Å². The number of hydrogen-bond acceptors (Lipinski definition) is 5. The van der Waals surface area contributed by atoms with Crippen LogP contribution >= 0.6 is 35.3 Å². The molecule has 0 radical (unpaired) electrons. The Morgan fingerprint density at radius 2 is 2.12 bits per heavy atom. The molecular weight excluding hydrogens is 461 g/mol. The number of guanidine groups is 1. The van der Waals surface area contributed by atoms with E-state index in [4.69, 9.17) is 0 Å². The fourth-order valence-corrected chi connectivity index (χ4v) is 3.73. The number of halogens is 1. The van der Waals surface area contributed by atoms with Crippen molar-refractivity contribution in [1.29, 1.82) is 0 Å². The maximum Gasteiger partial charge on any atom is 0.191 e. The Morgan fingerprint density at radius 1 is 1.35 bits per heavy atom. The van der Waals surface area contributed by atoms with Crippen LogP contribution in [0.2, 0.25) is 0 Å². The Labute approximate surface area is 176 Å². The summed E-state index contributed by atoms with van der Waals surface area (Å²) in [6, 6.07) is 0.306. The first-order valence-corrected chi connectivity index (χ1v) is 9.61. The van der Waals surface area contributed by atoms with Crippen molar-refractivity contribution >= 4 is 41.3 Å². The third-order valence-electron chi connectivity index (χ3n) is 4.44. The third-order valence-corrected chi connectivity index (χ3v) is 5.51. The SMILES string of the molecule is CN=C(NCc1nc(C)c(C)s1)NC1CCc2nc(C(C)C)nn2C1.I. The molecule has 0 saturated heterocycles. The summed E-state index contributed by atoms with van der Waals surface area (Å²) in [6.45, 7) is 9.93. The van der Waals surface area contributed by atoms with E-state index < -0.39 is 0 Å². The molecule has 1 unspecified atom stereocenters. The van der Waals surface area contributed by atoms with Gasteiger partial charge in [-0.05, 0) is 20.3 Å². The smallest absolute Gasteiger partial charge is 0.191 e. The number of thiazole rings is 1. The second-order valence-corrected chi connectivity index (χ2v) is 8.07. The van der Waals surface area contributed by atoms with E-state index >= 15 is 0 Å². The molecule has 0 spiro atoms. The summed E-state index contributed by atoms with van der Waals surface area (Å²) in [4.78, 5) is 14.8. The average molecular weight is 489 g/mol. The molecule has 0 fully saturated rings. The molecule has 1 atom stereocenters. The van der Waals surface area contributed by atoms with Crippen molar-refractivity contribution in [1.82, 2.24) is 30.4 Å². The topological polar surface area (TPSA) is 80.0 Å². The van der Waals surface area contributed by atoms with Crippen LogP contribution < -0.4 is 10.6 Å². The highest BCUT2D eigenvalue weighted by Gasteiger charge is 2.23. The van der Waals surface area contributed by atoms with Gasteiger partial charge in [0.05, 0.1) is 18.8 Å². The molecule has 3 rings (SSSR count). The van der Waals surface area contributed by atoms with Crippen LogP contribution in [0, 0.1) is 13.8 Å². The van der Waals surface area contributed by atoms with Gasteiger partial charge >= 0.3 is 0 Å². The van der Waals surface area contributed by atoms with Gasteiger partial charge in [0.15, 0.2) is 11.8 Å². The summed E-state index contributed by atoms with van der Waals surface area (Å²) in [5.74, 6) is 3.21. The van der Waals surface area contributed by atoms with E-state index in [0.717, 1.165) is 47.7 Å². The van der Waals surface area contributed by atoms with E-state index in [-0.39, 0.29) is 24.0 Å². The van der Waals surface area contributed by atoms with Gasteiger partial charge < -0.3 is 10.6 Å². The van der Waals surface area contributed by atoms with Crippen molar-refractivity contribution in [2.24, 2.45) is 4.99 Å². The van der Waals surface area contributed by atoms with E-state index in [0.29, 0.717) is 18.5 Å². The minimum atomic E-state index is 0. The number of aryl methyl sites for hydroxylation is 3. The van der Waals surface area contributed by atoms with Crippen LogP contribution in [-0.2, 0) is 19.5 Å². The largest absolute Gasteiger partial charge is 0.352 e. The zero-order chi connectivity index (χ0) is 18.0. The molecular formula is C17H28IN7S. The molecule has 0 amide bonds. The number of aliphatic imine (C=N–C) groups is 1. The van der Waals surface area contributed by atoms with Gasteiger partial charge in [-0.1, -0.05) is 13.8 Å². The zero-order valence-corrected chi connectivity index (χ0v) is 19.2. The number of fused-ring (bicyclic) bond motifs is 1. The Balaban J connectivity index is 0.00000243. The van der Waals surface area contributed by atoms with Crippen LogP contribution in [0.1, 0.15) is 53.4 Å². The number of nitrogens with zero attached hydrogens (tertiary/aromatic N) is 5. The Hall–Kier alpha value is -1.23. The Bertz CT molecular complexity index is 746. The number of rotatable bonds is 4. The fourth-order valence-electron chi connectivity index (χ4n) is 2.85. The van der Waals surface area contributed by atoms with Crippen molar-refractivity contribution in [2.75, 3.05) is 7.05 Å². The van der Waals surface area contributed by atoms with Crippen LogP contribution in [0.15, 0.2) is 4.99 Å². The van der Waals surface area contributed by atoms with Gasteiger partial charge in [0.25, 0.3) is 0 Å². The molecule has 1 aliphatic rings. The first kappa shape index (κ1) is 21.1. The van der Waals surface area contributed by atoms with Gasteiger partial charge in [0.2, 0.25) is 0 Å². The summed E-state index contributed by atoms with van der Waals surface area (Å²) in [6.07, 6.45) is 1.98. The van der Waals surface area contributed by atoms with Crippen molar-refractivity contribution < 1.29 is 0 Å². The highest BCUT2D eigenvalue weighted by atomic mass is 127. The van der Waals surface area contributed by atoms with Crippen molar-refractivity contribution in [3.05, 3.63) is 27.2 Å². The Morgan fingerprint density at radius 3 is 2.73 bits per heavy atom. The number of nitrogens with one attached hydrogen (secondary N) is 2. The molecule has 0 saturated carbocycles. The van der Waals surface area contributed by atoms with Gasteiger partial charge in [-0.3, -0.25) is 4.99 Å². The summed E-state index contributed by atoms with van der Waals surface area (Å²) >= 11 is 1.73. The molecule has 2 aromatic heterocycles. The van der Waals surface area contributed by atoms with Crippen LogP contribution in [0.4, 0.5) is 0 Å². The van der Waals surface area contributed by atoms with Gasteiger partial charge in [-0.25, -0.2) is 14.6 Å². The van der Waals surface area contributed by atoms with Crippen molar-refractivity contribution in [3.8, 4) is 0 Å². The van der Waals surface area contributed by atoms with Crippen molar-refractivity contribution in [3.63, 3.8) is 0 Å². The van der Waals surface area contributed by atoms with Crippen LogP contribution in [0.3, 0.4) is 0 Å². The lowest BCUT2D eigenvalue weighted by Gasteiger charge is -2.25. The maximum atomic E-state index is 4.64. The average Bonchev–Trinajstić information content (AvgIpc) is 3.14. The Kier molecular flexibility index (Phi) is 7.39. The highest BCUT2D eigenvalue weighted by Crippen LogP contribution is 2.17. The van der Waals surface area contributed by atoms with Gasteiger partial charge in [0.1, 0.15) is 10.8 Å². The van der Waals surface area contributed by atoms with Gasteiger partial charge in [0, 0.05) is 30.3 Å². The number of aromatic nitrogens is 4. The maximum absolute atomic E-state index is 4.64. The molecule has 144 valence electrons. The monoisotopic (exact) mass is 489 g/mol. The van der Waals surface area contributed by atoms with Crippen LogP contribution in [0.5, 0.6) is 0 Å². The van der Waals surface area contributed by atoms with Gasteiger partial charge in [-0.2, -0.15) is 5.10 Å². The highest BCUT2D eigenvalue weighted by molar-refractivity contribution is 14.0. The molecule has 9 heteroatoms. The van der Waals surface area contributed by atoms with E-state index in [9.17, 15) is 0 Å². The van der Waals surface area contributed by atoms with Crippen LogP contribution in [0.25, 0.3) is 0 Å². The minimum Gasteiger partial charge on any atom is -0.352 e. The normalized spacial score (nSPS) is 17.0. The third kappa shape index (κ3) is 4.93. The molecule has 7 nitrogen and oxygen atoms in total. The molecule has 26 heavy (non-hydrogen) atoms. The summed E-state index contributed by atoms with van der Waals surface area (Å²) in [7, 11) is 1.80. The predicted octanol–water partition coefficient (Wildman–Crippen LogP) is 2.77. The molecule has 2 N–H and O–H groups in total. The van der Waals surface area contributed by atoms with E-state index in [1.807, 2.05) is 11.6 Å². The fraction of sp³-hybridized carbons (Fsp3) is 0.647. The molecule has 1 aliphatic heterocycles. The first-order valence-electron chi connectivity index (χ1n) is 8.80. The summed E-state index contributed by atoms with van der Waals surface area (Å²) in [5, 5.41) is 12.6. The van der Waals surface area contributed by atoms with E-state index in [2.05, 4.69) is 51.5 Å². The molecule has 0 aromatic carbocycles. The first-order chi connectivity index (χ1) is 12.0. The molecule has 3 heterocycles. The zero-order valence-electron chi connectivity index (χ0n) is 16.0. The predicted molar refractivity (Wildman–Crippen MR) is 117 cm³/mol. The minimum absolute atomic E-state index is 0. The quantitative estimate of drug-likeness (QED) is 0.392. The number of hydrogen-bond donors (Lipinski definition) is 2. The van der Waals surface area contributed by atoms with Crippen molar-refractivity contribution in [2.45, 2.75) is 65.6 Å². The lowest BCUT2D eigenvalue weighted by Crippen LogP contribution is -2.46.